The van der Waals surface area contributed by atoms with Gasteiger partial charge < -0.3 is 10.6 Å². The van der Waals surface area contributed by atoms with Crippen LogP contribution in [0.1, 0.15) is 22.5 Å². The lowest BCUT2D eigenvalue weighted by Gasteiger charge is -2.10. The van der Waals surface area contributed by atoms with Crippen LogP contribution in [0.25, 0.3) is 0 Å². The SMILES string of the molecule is Cc1ccc(NC(=O)Nc2c(C)nn(Cc3ccccc3F)c2C)cc1Cl. The number of benzene rings is 2. The summed E-state index contributed by atoms with van der Waals surface area (Å²) < 4.78 is 15.6. The summed E-state index contributed by atoms with van der Waals surface area (Å²) in [5, 5.41) is 10.6. The highest BCUT2D eigenvalue weighted by atomic mass is 35.5. The van der Waals surface area contributed by atoms with Crippen LogP contribution in [-0.2, 0) is 6.54 Å². The van der Waals surface area contributed by atoms with Crippen LogP contribution in [0, 0.1) is 26.6 Å². The zero-order valence-corrected chi connectivity index (χ0v) is 16.1. The summed E-state index contributed by atoms with van der Waals surface area (Å²) in [6.45, 7) is 5.81. The first kappa shape index (κ1) is 18.9. The smallest absolute Gasteiger partial charge is 0.308 e. The fourth-order valence-electron chi connectivity index (χ4n) is 2.77. The van der Waals surface area contributed by atoms with Crippen molar-refractivity contribution in [1.29, 1.82) is 0 Å². The topological polar surface area (TPSA) is 59.0 Å². The number of hydrogen-bond acceptors (Lipinski definition) is 2. The minimum Gasteiger partial charge on any atom is -0.308 e. The number of rotatable bonds is 4. The molecule has 1 aromatic heterocycles. The van der Waals surface area contributed by atoms with Crippen molar-refractivity contribution >= 4 is 29.0 Å². The second-order valence-electron chi connectivity index (χ2n) is 6.34. The lowest BCUT2D eigenvalue weighted by Crippen LogP contribution is -2.20. The molecule has 0 radical (unpaired) electrons. The van der Waals surface area contributed by atoms with Crippen LogP contribution in [0.3, 0.4) is 0 Å². The van der Waals surface area contributed by atoms with E-state index in [2.05, 4.69) is 15.7 Å². The van der Waals surface area contributed by atoms with Crippen molar-refractivity contribution in [3.05, 3.63) is 75.8 Å². The minimum atomic E-state index is -0.397. The maximum absolute atomic E-state index is 13.9. The van der Waals surface area contributed by atoms with Gasteiger partial charge in [-0.2, -0.15) is 5.10 Å². The molecule has 0 bridgehead atoms. The predicted octanol–water partition coefficient (Wildman–Crippen LogP) is 5.29. The molecule has 27 heavy (non-hydrogen) atoms. The Hall–Kier alpha value is -2.86. The Kier molecular flexibility index (Phi) is 5.46. The van der Waals surface area contributed by atoms with Gasteiger partial charge in [0, 0.05) is 16.3 Å². The van der Waals surface area contributed by atoms with Crippen molar-refractivity contribution in [1.82, 2.24) is 9.78 Å². The van der Waals surface area contributed by atoms with Gasteiger partial charge in [0.05, 0.1) is 23.6 Å². The lowest BCUT2D eigenvalue weighted by atomic mass is 10.2. The number of anilines is 2. The molecule has 5 nitrogen and oxygen atoms in total. The van der Waals surface area contributed by atoms with E-state index in [0.717, 1.165) is 11.3 Å². The molecule has 0 atom stereocenters. The van der Waals surface area contributed by atoms with Gasteiger partial charge in [-0.15, -0.1) is 0 Å². The van der Waals surface area contributed by atoms with Crippen molar-refractivity contribution in [3.8, 4) is 0 Å². The van der Waals surface area contributed by atoms with E-state index in [4.69, 9.17) is 11.6 Å². The molecular formula is C20H20ClFN4O. The van der Waals surface area contributed by atoms with Crippen molar-refractivity contribution in [2.75, 3.05) is 10.6 Å². The Bertz CT molecular complexity index is 1000. The molecule has 0 aliphatic heterocycles. The molecule has 3 rings (SSSR count). The predicted molar refractivity (Wildman–Crippen MR) is 106 cm³/mol. The highest BCUT2D eigenvalue weighted by molar-refractivity contribution is 6.31. The van der Waals surface area contributed by atoms with Gasteiger partial charge in [-0.1, -0.05) is 35.9 Å². The standard InChI is InChI=1S/C20H20ClFN4O/c1-12-8-9-16(10-17(12)21)23-20(27)24-19-13(2)25-26(14(19)3)11-15-6-4-5-7-18(15)22/h4-10H,11H2,1-3H3,(H2,23,24,27). The number of carbonyl (C=O) groups excluding carboxylic acids is 1. The van der Waals surface area contributed by atoms with E-state index in [1.54, 1.807) is 41.9 Å². The molecule has 1 heterocycles. The zero-order chi connectivity index (χ0) is 19.6. The Labute approximate surface area is 162 Å². The summed E-state index contributed by atoms with van der Waals surface area (Å²) in [5.74, 6) is -0.284. The first-order valence-electron chi connectivity index (χ1n) is 8.46. The van der Waals surface area contributed by atoms with Crippen LogP contribution in [-0.4, -0.2) is 15.8 Å². The molecule has 140 valence electrons. The Balaban J connectivity index is 1.75. The van der Waals surface area contributed by atoms with Crippen LogP contribution in [0.5, 0.6) is 0 Å². The molecule has 0 saturated heterocycles. The lowest BCUT2D eigenvalue weighted by molar-refractivity contribution is 0.262. The molecule has 2 N–H and O–H groups in total. The summed E-state index contributed by atoms with van der Waals surface area (Å²) in [4.78, 5) is 12.3. The summed E-state index contributed by atoms with van der Waals surface area (Å²) >= 11 is 6.09. The van der Waals surface area contributed by atoms with Crippen LogP contribution < -0.4 is 10.6 Å². The van der Waals surface area contributed by atoms with E-state index in [1.807, 2.05) is 19.9 Å². The van der Waals surface area contributed by atoms with E-state index in [1.165, 1.54) is 6.07 Å². The van der Waals surface area contributed by atoms with Crippen LogP contribution in [0.15, 0.2) is 42.5 Å². The third-order valence-corrected chi connectivity index (χ3v) is 4.73. The number of hydrogen-bond donors (Lipinski definition) is 2. The highest BCUT2D eigenvalue weighted by Gasteiger charge is 2.15. The number of nitrogens with zero attached hydrogens (tertiary/aromatic N) is 2. The molecular weight excluding hydrogens is 367 g/mol. The number of aromatic nitrogens is 2. The number of carbonyl (C=O) groups is 1. The Morgan fingerprint density at radius 1 is 1.15 bits per heavy atom. The van der Waals surface area contributed by atoms with Gasteiger partial charge >= 0.3 is 6.03 Å². The third kappa shape index (κ3) is 4.28. The summed E-state index contributed by atoms with van der Waals surface area (Å²) in [6.07, 6.45) is 0. The number of nitrogens with one attached hydrogen (secondary N) is 2. The Morgan fingerprint density at radius 3 is 2.59 bits per heavy atom. The normalized spacial score (nSPS) is 10.7. The van der Waals surface area contributed by atoms with Gasteiger partial charge in [-0.3, -0.25) is 4.68 Å². The first-order valence-corrected chi connectivity index (χ1v) is 8.84. The van der Waals surface area contributed by atoms with E-state index in [0.29, 0.717) is 27.7 Å². The average molecular weight is 387 g/mol. The van der Waals surface area contributed by atoms with Gasteiger partial charge in [0.1, 0.15) is 5.82 Å². The Morgan fingerprint density at radius 2 is 1.89 bits per heavy atom. The molecule has 0 fully saturated rings. The van der Waals surface area contributed by atoms with Crippen molar-refractivity contribution in [2.24, 2.45) is 0 Å². The fourth-order valence-corrected chi connectivity index (χ4v) is 2.95. The average Bonchev–Trinajstić information content (AvgIpc) is 2.88. The van der Waals surface area contributed by atoms with Gasteiger partial charge in [-0.25, -0.2) is 9.18 Å². The third-order valence-electron chi connectivity index (χ3n) is 4.33. The van der Waals surface area contributed by atoms with Gasteiger partial charge in [0.2, 0.25) is 0 Å². The van der Waals surface area contributed by atoms with E-state index < -0.39 is 6.03 Å². The molecule has 0 saturated carbocycles. The second kappa shape index (κ2) is 7.80. The minimum absolute atomic E-state index is 0.284. The molecule has 0 spiro atoms. The van der Waals surface area contributed by atoms with E-state index >= 15 is 0 Å². The molecule has 2 amide bonds. The number of amides is 2. The number of urea groups is 1. The molecule has 0 aliphatic rings. The number of aryl methyl sites for hydroxylation is 2. The zero-order valence-electron chi connectivity index (χ0n) is 15.3. The van der Waals surface area contributed by atoms with E-state index in [-0.39, 0.29) is 12.4 Å². The molecule has 3 aromatic rings. The molecule has 0 aliphatic carbocycles. The molecule has 7 heteroatoms. The maximum Gasteiger partial charge on any atom is 0.323 e. The van der Waals surface area contributed by atoms with Crippen molar-refractivity contribution in [3.63, 3.8) is 0 Å². The van der Waals surface area contributed by atoms with Gasteiger partial charge in [0.25, 0.3) is 0 Å². The largest absolute Gasteiger partial charge is 0.323 e. The van der Waals surface area contributed by atoms with Crippen LogP contribution in [0.4, 0.5) is 20.6 Å². The second-order valence-corrected chi connectivity index (χ2v) is 6.75. The summed E-state index contributed by atoms with van der Waals surface area (Å²) in [5.41, 5.74) is 4.06. The number of halogens is 2. The fraction of sp³-hybridized carbons (Fsp3) is 0.200. The van der Waals surface area contributed by atoms with Crippen molar-refractivity contribution < 1.29 is 9.18 Å². The van der Waals surface area contributed by atoms with Gasteiger partial charge in [-0.05, 0) is 44.5 Å². The summed E-state index contributed by atoms with van der Waals surface area (Å²) in [6, 6.07) is 11.5. The quantitative estimate of drug-likeness (QED) is 0.639. The summed E-state index contributed by atoms with van der Waals surface area (Å²) in [7, 11) is 0. The van der Waals surface area contributed by atoms with Gasteiger partial charge in [0.15, 0.2) is 0 Å². The van der Waals surface area contributed by atoms with Crippen molar-refractivity contribution in [2.45, 2.75) is 27.3 Å². The van der Waals surface area contributed by atoms with Crippen LogP contribution in [0.2, 0.25) is 5.02 Å². The maximum atomic E-state index is 13.9. The monoisotopic (exact) mass is 386 g/mol. The molecule has 0 unspecified atom stereocenters. The van der Waals surface area contributed by atoms with E-state index in [9.17, 15) is 9.18 Å². The molecule has 2 aromatic carbocycles. The first-order chi connectivity index (χ1) is 12.8. The van der Waals surface area contributed by atoms with Crippen LogP contribution >= 0.6 is 11.6 Å². The highest BCUT2D eigenvalue weighted by Crippen LogP contribution is 2.23.